The summed E-state index contributed by atoms with van der Waals surface area (Å²) in [5, 5.41) is 7.43. The minimum Gasteiger partial charge on any atom is -0.339 e. The van der Waals surface area contributed by atoms with Crippen molar-refractivity contribution >= 4 is 0 Å². The van der Waals surface area contributed by atoms with Gasteiger partial charge in [0.1, 0.15) is 5.69 Å². The molecule has 2 aromatic rings. The molecule has 0 fully saturated rings. The Bertz CT molecular complexity index is 557. The number of rotatable bonds is 5. The van der Waals surface area contributed by atoms with E-state index in [4.69, 9.17) is 4.52 Å². The quantitative estimate of drug-likeness (QED) is 0.908. The third-order valence-electron chi connectivity index (χ3n) is 2.95. The van der Waals surface area contributed by atoms with Gasteiger partial charge in [-0.15, -0.1) is 0 Å². The molecule has 0 aliphatic heterocycles. The van der Waals surface area contributed by atoms with E-state index in [0.29, 0.717) is 11.7 Å². The highest BCUT2D eigenvalue weighted by Crippen LogP contribution is 2.18. The minimum absolute atomic E-state index is 0.0964. The van der Waals surface area contributed by atoms with Crippen LogP contribution < -0.4 is 5.32 Å². The van der Waals surface area contributed by atoms with Crippen molar-refractivity contribution < 1.29 is 4.52 Å². The number of hydrogen-bond donors (Lipinski definition) is 1. The zero-order chi connectivity index (χ0) is 14.6. The summed E-state index contributed by atoms with van der Waals surface area (Å²) in [6.07, 6.45) is 3.38. The van der Waals surface area contributed by atoms with Crippen molar-refractivity contribution in [3.05, 3.63) is 29.8 Å². The summed E-state index contributed by atoms with van der Waals surface area (Å²) in [4.78, 5) is 8.78. The summed E-state index contributed by atoms with van der Waals surface area (Å²) in [6.45, 7) is 9.30. The van der Waals surface area contributed by atoms with Crippen LogP contribution in [0.25, 0.3) is 11.5 Å². The molecule has 0 atom stereocenters. The second kappa shape index (κ2) is 6.13. The molecule has 20 heavy (non-hydrogen) atoms. The first-order valence-corrected chi connectivity index (χ1v) is 7.01. The Labute approximate surface area is 119 Å². The lowest BCUT2D eigenvalue weighted by Gasteiger charge is -2.19. The Morgan fingerprint density at radius 2 is 2.10 bits per heavy atom. The third kappa shape index (κ3) is 3.87. The zero-order valence-corrected chi connectivity index (χ0v) is 12.6. The van der Waals surface area contributed by atoms with Gasteiger partial charge in [-0.05, 0) is 38.8 Å². The summed E-state index contributed by atoms with van der Waals surface area (Å²) in [6, 6.07) is 3.97. The van der Waals surface area contributed by atoms with Gasteiger partial charge in [0.25, 0.3) is 0 Å². The monoisotopic (exact) mass is 274 g/mol. The summed E-state index contributed by atoms with van der Waals surface area (Å²) in [5.74, 6) is 1.22. The molecule has 0 aliphatic carbocycles. The van der Waals surface area contributed by atoms with E-state index in [1.165, 1.54) is 0 Å². The number of aromatic nitrogens is 3. The predicted molar refractivity (Wildman–Crippen MR) is 78.4 cm³/mol. The topological polar surface area (TPSA) is 63.8 Å². The van der Waals surface area contributed by atoms with Crippen LogP contribution in [0.3, 0.4) is 0 Å². The predicted octanol–water partition coefficient (Wildman–Crippen LogP) is 2.62. The van der Waals surface area contributed by atoms with Crippen LogP contribution in [0.2, 0.25) is 0 Å². The maximum atomic E-state index is 5.29. The SMILES string of the molecule is CCc1cccnc1-c1noc(CCNC(C)(C)C)n1. The Morgan fingerprint density at radius 3 is 2.80 bits per heavy atom. The van der Waals surface area contributed by atoms with Gasteiger partial charge in [0, 0.05) is 24.7 Å². The van der Waals surface area contributed by atoms with Crippen molar-refractivity contribution in [1.29, 1.82) is 0 Å². The lowest BCUT2D eigenvalue weighted by atomic mass is 10.1. The first-order chi connectivity index (χ1) is 9.49. The van der Waals surface area contributed by atoms with Crippen molar-refractivity contribution in [3.8, 4) is 11.5 Å². The molecule has 5 nitrogen and oxygen atoms in total. The van der Waals surface area contributed by atoms with Gasteiger partial charge in [-0.3, -0.25) is 4.98 Å². The fourth-order valence-corrected chi connectivity index (χ4v) is 1.92. The largest absolute Gasteiger partial charge is 0.339 e. The van der Waals surface area contributed by atoms with Crippen LogP contribution in [0.4, 0.5) is 0 Å². The smallest absolute Gasteiger partial charge is 0.228 e. The second-order valence-corrected chi connectivity index (χ2v) is 5.80. The molecule has 1 N–H and O–H groups in total. The van der Waals surface area contributed by atoms with Crippen molar-refractivity contribution in [2.75, 3.05) is 6.54 Å². The molecule has 0 radical (unpaired) electrons. The van der Waals surface area contributed by atoms with Crippen molar-refractivity contribution in [2.45, 2.75) is 46.1 Å². The third-order valence-corrected chi connectivity index (χ3v) is 2.95. The molecule has 2 heterocycles. The standard InChI is InChI=1S/C15H22N4O/c1-5-11-7-6-9-16-13(11)14-18-12(20-19-14)8-10-17-15(2,3)4/h6-7,9,17H,5,8,10H2,1-4H3. The molecule has 0 aliphatic rings. The molecule has 0 saturated heterocycles. The molecular weight excluding hydrogens is 252 g/mol. The number of hydrogen-bond acceptors (Lipinski definition) is 5. The lowest BCUT2D eigenvalue weighted by molar-refractivity contribution is 0.362. The maximum Gasteiger partial charge on any atom is 0.228 e. The van der Waals surface area contributed by atoms with Crippen molar-refractivity contribution in [3.63, 3.8) is 0 Å². The van der Waals surface area contributed by atoms with Crippen LogP contribution in [-0.2, 0) is 12.8 Å². The van der Waals surface area contributed by atoms with Crippen LogP contribution in [0.5, 0.6) is 0 Å². The van der Waals surface area contributed by atoms with Crippen LogP contribution >= 0.6 is 0 Å². The Hall–Kier alpha value is -1.75. The van der Waals surface area contributed by atoms with E-state index in [1.807, 2.05) is 12.1 Å². The van der Waals surface area contributed by atoms with Gasteiger partial charge in [-0.25, -0.2) is 0 Å². The van der Waals surface area contributed by atoms with Crippen LogP contribution in [-0.4, -0.2) is 27.2 Å². The molecule has 0 aromatic carbocycles. The molecular formula is C15H22N4O. The van der Waals surface area contributed by atoms with Crippen LogP contribution in [0, 0.1) is 0 Å². The molecule has 0 unspecified atom stereocenters. The number of nitrogens with zero attached hydrogens (tertiary/aromatic N) is 3. The van der Waals surface area contributed by atoms with E-state index in [2.05, 4.69) is 48.1 Å². The highest BCUT2D eigenvalue weighted by molar-refractivity contribution is 5.53. The highest BCUT2D eigenvalue weighted by Gasteiger charge is 2.14. The molecule has 0 bridgehead atoms. The average Bonchev–Trinajstić information content (AvgIpc) is 2.86. The molecule has 2 rings (SSSR count). The number of pyridine rings is 1. The lowest BCUT2D eigenvalue weighted by Crippen LogP contribution is -2.37. The van der Waals surface area contributed by atoms with E-state index in [9.17, 15) is 0 Å². The van der Waals surface area contributed by atoms with E-state index < -0.39 is 0 Å². The van der Waals surface area contributed by atoms with E-state index in [1.54, 1.807) is 6.20 Å². The van der Waals surface area contributed by atoms with Crippen molar-refractivity contribution in [1.82, 2.24) is 20.4 Å². The Kier molecular flexibility index (Phi) is 4.49. The molecule has 0 spiro atoms. The number of aryl methyl sites for hydroxylation is 1. The van der Waals surface area contributed by atoms with E-state index >= 15 is 0 Å². The second-order valence-electron chi connectivity index (χ2n) is 5.80. The first-order valence-electron chi connectivity index (χ1n) is 7.01. The van der Waals surface area contributed by atoms with Gasteiger partial charge in [-0.1, -0.05) is 18.1 Å². The highest BCUT2D eigenvalue weighted by atomic mass is 16.5. The molecule has 0 saturated carbocycles. The molecule has 0 amide bonds. The summed E-state index contributed by atoms with van der Waals surface area (Å²) >= 11 is 0. The number of nitrogens with one attached hydrogen (secondary N) is 1. The summed E-state index contributed by atoms with van der Waals surface area (Å²) in [7, 11) is 0. The average molecular weight is 274 g/mol. The molecule has 108 valence electrons. The fourth-order valence-electron chi connectivity index (χ4n) is 1.92. The van der Waals surface area contributed by atoms with Gasteiger partial charge in [0.05, 0.1) is 0 Å². The van der Waals surface area contributed by atoms with Gasteiger partial charge < -0.3 is 9.84 Å². The van der Waals surface area contributed by atoms with Gasteiger partial charge >= 0.3 is 0 Å². The summed E-state index contributed by atoms with van der Waals surface area (Å²) < 4.78 is 5.29. The van der Waals surface area contributed by atoms with Crippen molar-refractivity contribution in [2.24, 2.45) is 0 Å². The first kappa shape index (κ1) is 14.7. The minimum atomic E-state index is 0.0964. The maximum absolute atomic E-state index is 5.29. The van der Waals surface area contributed by atoms with Crippen LogP contribution in [0.15, 0.2) is 22.9 Å². The molecule has 5 heteroatoms. The summed E-state index contributed by atoms with van der Waals surface area (Å²) in [5.41, 5.74) is 2.04. The van der Waals surface area contributed by atoms with E-state index in [0.717, 1.165) is 30.6 Å². The molecule has 2 aromatic heterocycles. The van der Waals surface area contributed by atoms with Gasteiger partial charge in [0.15, 0.2) is 0 Å². The fraction of sp³-hybridized carbons (Fsp3) is 0.533. The van der Waals surface area contributed by atoms with E-state index in [-0.39, 0.29) is 5.54 Å². The van der Waals surface area contributed by atoms with Gasteiger partial charge in [-0.2, -0.15) is 4.98 Å². The zero-order valence-electron chi connectivity index (χ0n) is 12.6. The Balaban J connectivity index is 2.05. The van der Waals surface area contributed by atoms with Gasteiger partial charge in [0.2, 0.25) is 11.7 Å². The van der Waals surface area contributed by atoms with Crippen LogP contribution in [0.1, 0.15) is 39.1 Å². The Morgan fingerprint density at radius 1 is 1.30 bits per heavy atom. The normalized spacial score (nSPS) is 11.8.